The Kier molecular flexibility index (Phi) is 4.52. The maximum Gasteiger partial charge on any atom is 0.312 e. The molecule has 2 unspecified atom stereocenters. The van der Waals surface area contributed by atoms with Gasteiger partial charge < -0.3 is 9.84 Å². The van der Waals surface area contributed by atoms with Gasteiger partial charge in [-0.05, 0) is 18.8 Å². The van der Waals surface area contributed by atoms with Gasteiger partial charge in [-0.2, -0.15) is 0 Å². The summed E-state index contributed by atoms with van der Waals surface area (Å²) < 4.78 is 5.10. The molecular formula is C12H18O4. The van der Waals surface area contributed by atoms with Gasteiger partial charge in [-0.15, -0.1) is 0 Å². The van der Waals surface area contributed by atoms with Crippen molar-refractivity contribution in [3.63, 3.8) is 0 Å². The number of carbonyl (C=O) groups excluding carboxylic acids is 1. The van der Waals surface area contributed by atoms with E-state index in [0.29, 0.717) is 25.4 Å². The Hall–Kier alpha value is -1.32. The topological polar surface area (TPSA) is 63.6 Å². The molecule has 0 aliphatic heterocycles. The largest absolute Gasteiger partial charge is 0.481 e. The highest BCUT2D eigenvalue weighted by Crippen LogP contribution is 2.23. The Labute approximate surface area is 95.3 Å². The van der Waals surface area contributed by atoms with Crippen molar-refractivity contribution in [2.45, 2.75) is 26.7 Å². The van der Waals surface area contributed by atoms with Gasteiger partial charge in [0, 0.05) is 0 Å². The second-order valence-electron chi connectivity index (χ2n) is 4.54. The summed E-state index contributed by atoms with van der Waals surface area (Å²) in [6.45, 7) is 4.38. The summed E-state index contributed by atoms with van der Waals surface area (Å²) >= 11 is 0. The monoisotopic (exact) mass is 226 g/mol. The molecule has 4 nitrogen and oxygen atoms in total. The first-order valence-electron chi connectivity index (χ1n) is 5.58. The van der Waals surface area contributed by atoms with E-state index in [1.54, 1.807) is 12.2 Å². The van der Waals surface area contributed by atoms with Crippen LogP contribution in [0, 0.1) is 17.8 Å². The SMILES string of the molecule is CC(C)COC(=O)C1C=CC(C(=O)O)CC1. The van der Waals surface area contributed by atoms with Crippen molar-refractivity contribution in [1.82, 2.24) is 0 Å². The first-order valence-corrected chi connectivity index (χ1v) is 5.58. The van der Waals surface area contributed by atoms with Gasteiger partial charge in [-0.25, -0.2) is 0 Å². The van der Waals surface area contributed by atoms with E-state index in [4.69, 9.17) is 9.84 Å². The van der Waals surface area contributed by atoms with E-state index in [1.165, 1.54) is 0 Å². The number of hydrogen-bond donors (Lipinski definition) is 1. The number of carbonyl (C=O) groups is 2. The lowest BCUT2D eigenvalue weighted by molar-refractivity contribution is -0.149. The van der Waals surface area contributed by atoms with E-state index in [9.17, 15) is 9.59 Å². The van der Waals surface area contributed by atoms with Crippen LogP contribution in [-0.2, 0) is 14.3 Å². The van der Waals surface area contributed by atoms with Gasteiger partial charge in [0.2, 0.25) is 0 Å². The molecule has 0 heterocycles. The average Bonchev–Trinajstić information content (AvgIpc) is 2.26. The molecule has 1 aliphatic rings. The molecule has 0 aromatic heterocycles. The first-order chi connectivity index (χ1) is 7.50. The Bertz CT molecular complexity index is 293. The van der Waals surface area contributed by atoms with Crippen LogP contribution in [0.15, 0.2) is 12.2 Å². The fourth-order valence-electron chi connectivity index (χ4n) is 1.58. The maximum absolute atomic E-state index is 11.6. The zero-order valence-corrected chi connectivity index (χ0v) is 9.68. The van der Waals surface area contributed by atoms with Gasteiger partial charge in [-0.1, -0.05) is 26.0 Å². The van der Waals surface area contributed by atoms with Gasteiger partial charge in [0.05, 0.1) is 18.4 Å². The van der Waals surface area contributed by atoms with Crippen LogP contribution in [0.3, 0.4) is 0 Å². The molecule has 4 heteroatoms. The lowest BCUT2D eigenvalue weighted by Crippen LogP contribution is -2.24. The van der Waals surface area contributed by atoms with Crippen molar-refractivity contribution in [1.29, 1.82) is 0 Å². The van der Waals surface area contributed by atoms with Crippen molar-refractivity contribution < 1.29 is 19.4 Å². The second-order valence-corrected chi connectivity index (χ2v) is 4.54. The minimum atomic E-state index is -0.828. The Morgan fingerprint density at radius 3 is 2.31 bits per heavy atom. The summed E-state index contributed by atoms with van der Waals surface area (Å²) in [6.07, 6.45) is 4.32. The minimum absolute atomic E-state index is 0.242. The number of carboxylic acid groups (broad SMARTS) is 1. The van der Waals surface area contributed by atoms with Crippen molar-refractivity contribution in [3.05, 3.63) is 12.2 Å². The summed E-state index contributed by atoms with van der Waals surface area (Å²) in [5.41, 5.74) is 0. The lowest BCUT2D eigenvalue weighted by atomic mass is 9.89. The fraction of sp³-hybridized carbons (Fsp3) is 0.667. The van der Waals surface area contributed by atoms with Crippen LogP contribution in [0.25, 0.3) is 0 Å². The number of hydrogen-bond acceptors (Lipinski definition) is 3. The van der Waals surface area contributed by atoms with Crippen LogP contribution in [0.1, 0.15) is 26.7 Å². The smallest absolute Gasteiger partial charge is 0.312 e. The molecule has 0 saturated carbocycles. The predicted molar refractivity (Wildman–Crippen MR) is 58.8 cm³/mol. The van der Waals surface area contributed by atoms with Gasteiger partial charge in [-0.3, -0.25) is 9.59 Å². The third-order valence-corrected chi connectivity index (χ3v) is 2.54. The molecule has 0 saturated heterocycles. The van der Waals surface area contributed by atoms with Crippen molar-refractivity contribution >= 4 is 11.9 Å². The molecule has 16 heavy (non-hydrogen) atoms. The first kappa shape index (κ1) is 12.7. The van der Waals surface area contributed by atoms with E-state index in [0.717, 1.165) is 0 Å². The van der Waals surface area contributed by atoms with E-state index in [-0.39, 0.29) is 11.9 Å². The minimum Gasteiger partial charge on any atom is -0.481 e. The standard InChI is InChI=1S/C12H18O4/c1-8(2)7-16-12(15)10-5-3-9(4-6-10)11(13)14/h3,5,8-10H,4,6-7H2,1-2H3,(H,13,14). The van der Waals surface area contributed by atoms with Crippen LogP contribution in [0.5, 0.6) is 0 Å². The van der Waals surface area contributed by atoms with Gasteiger partial charge in [0.25, 0.3) is 0 Å². The van der Waals surface area contributed by atoms with Crippen LogP contribution in [-0.4, -0.2) is 23.7 Å². The summed E-state index contributed by atoms with van der Waals surface area (Å²) in [4.78, 5) is 22.2. The summed E-state index contributed by atoms with van der Waals surface area (Å²) in [7, 11) is 0. The normalized spacial score (nSPS) is 24.4. The zero-order valence-electron chi connectivity index (χ0n) is 9.68. The molecular weight excluding hydrogens is 208 g/mol. The van der Waals surface area contributed by atoms with Crippen molar-refractivity contribution in [3.8, 4) is 0 Å². The summed E-state index contributed by atoms with van der Waals surface area (Å²) in [5, 5.41) is 8.77. The predicted octanol–water partition coefficient (Wildman–Crippen LogP) is 1.85. The van der Waals surface area contributed by atoms with E-state index >= 15 is 0 Å². The zero-order chi connectivity index (χ0) is 12.1. The molecule has 1 aliphatic carbocycles. The second kappa shape index (κ2) is 5.68. The average molecular weight is 226 g/mol. The Morgan fingerprint density at radius 1 is 1.31 bits per heavy atom. The third-order valence-electron chi connectivity index (χ3n) is 2.54. The molecule has 0 bridgehead atoms. The fourth-order valence-corrected chi connectivity index (χ4v) is 1.58. The molecule has 0 fully saturated rings. The van der Waals surface area contributed by atoms with Gasteiger partial charge in [0.15, 0.2) is 0 Å². The molecule has 1 N–H and O–H groups in total. The Morgan fingerprint density at radius 2 is 1.88 bits per heavy atom. The molecule has 0 aromatic rings. The molecule has 1 rings (SSSR count). The molecule has 2 atom stereocenters. The number of esters is 1. The van der Waals surface area contributed by atoms with Crippen LogP contribution in [0.2, 0.25) is 0 Å². The molecule has 0 spiro atoms. The number of rotatable bonds is 4. The maximum atomic E-state index is 11.6. The highest BCUT2D eigenvalue weighted by atomic mass is 16.5. The van der Waals surface area contributed by atoms with E-state index in [2.05, 4.69) is 0 Å². The molecule has 0 radical (unpaired) electrons. The number of ether oxygens (including phenoxy) is 1. The number of carboxylic acids is 1. The third kappa shape index (κ3) is 3.68. The van der Waals surface area contributed by atoms with Crippen molar-refractivity contribution in [2.75, 3.05) is 6.61 Å². The van der Waals surface area contributed by atoms with Gasteiger partial charge in [0.1, 0.15) is 0 Å². The molecule has 0 amide bonds. The highest BCUT2D eigenvalue weighted by Gasteiger charge is 2.25. The van der Waals surface area contributed by atoms with E-state index in [1.807, 2.05) is 13.8 Å². The Balaban J connectivity index is 2.43. The molecule has 90 valence electrons. The molecule has 0 aromatic carbocycles. The van der Waals surface area contributed by atoms with Crippen molar-refractivity contribution in [2.24, 2.45) is 17.8 Å². The van der Waals surface area contributed by atoms with E-state index < -0.39 is 11.9 Å². The lowest BCUT2D eigenvalue weighted by Gasteiger charge is -2.19. The van der Waals surface area contributed by atoms with Crippen LogP contribution >= 0.6 is 0 Å². The van der Waals surface area contributed by atoms with Gasteiger partial charge >= 0.3 is 11.9 Å². The van der Waals surface area contributed by atoms with Crippen LogP contribution < -0.4 is 0 Å². The highest BCUT2D eigenvalue weighted by molar-refractivity contribution is 5.77. The quantitative estimate of drug-likeness (QED) is 0.587. The summed E-state index contributed by atoms with van der Waals surface area (Å²) in [5.74, 6) is -1.47. The summed E-state index contributed by atoms with van der Waals surface area (Å²) in [6, 6.07) is 0. The van der Waals surface area contributed by atoms with Crippen LogP contribution in [0.4, 0.5) is 0 Å². The number of aliphatic carboxylic acids is 1.